The molecule has 0 aliphatic carbocycles. The van der Waals surface area contributed by atoms with Crippen LogP contribution < -0.4 is 5.32 Å². The topological polar surface area (TPSA) is 71.3 Å². The van der Waals surface area contributed by atoms with E-state index in [9.17, 15) is 4.79 Å². The SMILES string of the molecule is Cc1cc(CC(=O)NCC(c2cccnc2)N2CCCCC2)on1. The molecular weight excluding hydrogens is 304 g/mol. The van der Waals surface area contributed by atoms with Crippen LogP contribution in [0.4, 0.5) is 0 Å². The van der Waals surface area contributed by atoms with Gasteiger partial charge >= 0.3 is 0 Å². The first-order valence-electron chi connectivity index (χ1n) is 8.55. The molecule has 0 saturated carbocycles. The second-order valence-corrected chi connectivity index (χ2v) is 6.31. The van der Waals surface area contributed by atoms with Gasteiger partial charge in [0.2, 0.25) is 5.91 Å². The first-order chi connectivity index (χ1) is 11.7. The van der Waals surface area contributed by atoms with Crippen LogP contribution in [0.2, 0.25) is 0 Å². The highest BCUT2D eigenvalue weighted by Gasteiger charge is 2.23. The van der Waals surface area contributed by atoms with Crippen LogP contribution >= 0.6 is 0 Å². The molecule has 1 aliphatic rings. The van der Waals surface area contributed by atoms with Crippen molar-refractivity contribution < 1.29 is 9.32 Å². The third kappa shape index (κ3) is 4.41. The van der Waals surface area contributed by atoms with Gasteiger partial charge in [-0.1, -0.05) is 17.6 Å². The molecule has 1 saturated heterocycles. The molecular formula is C18H24N4O2. The number of carbonyl (C=O) groups excluding carboxylic acids is 1. The minimum Gasteiger partial charge on any atom is -0.361 e. The molecule has 1 atom stereocenters. The van der Waals surface area contributed by atoms with Crippen LogP contribution in [0, 0.1) is 6.92 Å². The average Bonchev–Trinajstić information content (AvgIpc) is 3.02. The van der Waals surface area contributed by atoms with E-state index >= 15 is 0 Å². The van der Waals surface area contributed by atoms with E-state index in [0.29, 0.717) is 12.3 Å². The fraction of sp³-hybridized carbons (Fsp3) is 0.500. The van der Waals surface area contributed by atoms with E-state index in [0.717, 1.165) is 24.3 Å². The number of amides is 1. The quantitative estimate of drug-likeness (QED) is 0.881. The van der Waals surface area contributed by atoms with Gasteiger partial charge in [0, 0.05) is 25.0 Å². The van der Waals surface area contributed by atoms with E-state index in [1.807, 2.05) is 19.2 Å². The van der Waals surface area contributed by atoms with Gasteiger partial charge in [-0.15, -0.1) is 0 Å². The van der Waals surface area contributed by atoms with Gasteiger partial charge in [-0.25, -0.2) is 0 Å². The lowest BCUT2D eigenvalue weighted by Crippen LogP contribution is -2.41. The molecule has 3 rings (SSSR count). The Labute approximate surface area is 142 Å². The van der Waals surface area contributed by atoms with Crippen molar-refractivity contribution in [3.63, 3.8) is 0 Å². The molecule has 24 heavy (non-hydrogen) atoms. The van der Waals surface area contributed by atoms with Crippen molar-refractivity contribution in [1.29, 1.82) is 0 Å². The third-order valence-electron chi connectivity index (χ3n) is 4.40. The predicted octanol–water partition coefficient (Wildman–Crippen LogP) is 2.26. The number of piperidine rings is 1. The van der Waals surface area contributed by atoms with Crippen LogP contribution in [-0.4, -0.2) is 40.6 Å². The number of pyridine rings is 1. The fourth-order valence-electron chi connectivity index (χ4n) is 3.19. The molecule has 1 fully saturated rings. The lowest BCUT2D eigenvalue weighted by molar-refractivity contribution is -0.121. The molecule has 128 valence electrons. The summed E-state index contributed by atoms with van der Waals surface area (Å²) in [6, 6.07) is 5.99. The second kappa shape index (κ2) is 8.06. The molecule has 1 unspecified atom stereocenters. The van der Waals surface area contributed by atoms with Crippen LogP contribution in [0.15, 0.2) is 35.1 Å². The highest BCUT2D eigenvalue weighted by atomic mass is 16.5. The largest absolute Gasteiger partial charge is 0.361 e. The van der Waals surface area contributed by atoms with Crippen molar-refractivity contribution in [2.45, 2.75) is 38.6 Å². The lowest BCUT2D eigenvalue weighted by atomic mass is 10.0. The summed E-state index contributed by atoms with van der Waals surface area (Å²) in [5, 5.41) is 6.85. The van der Waals surface area contributed by atoms with Gasteiger partial charge in [-0.05, 0) is 44.5 Å². The zero-order valence-electron chi connectivity index (χ0n) is 14.1. The van der Waals surface area contributed by atoms with Crippen molar-refractivity contribution >= 4 is 5.91 Å². The maximum Gasteiger partial charge on any atom is 0.227 e. The van der Waals surface area contributed by atoms with Crippen molar-refractivity contribution in [3.05, 3.63) is 47.6 Å². The summed E-state index contributed by atoms with van der Waals surface area (Å²) in [4.78, 5) is 18.9. The summed E-state index contributed by atoms with van der Waals surface area (Å²) in [7, 11) is 0. The molecule has 6 heteroatoms. The maximum atomic E-state index is 12.2. The summed E-state index contributed by atoms with van der Waals surface area (Å²) >= 11 is 0. The number of rotatable bonds is 6. The number of likely N-dealkylation sites (tertiary alicyclic amines) is 1. The molecule has 0 spiro atoms. The molecule has 1 N–H and O–H groups in total. The molecule has 3 heterocycles. The van der Waals surface area contributed by atoms with Gasteiger partial charge in [0.05, 0.1) is 18.2 Å². The monoisotopic (exact) mass is 328 g/mol. The Hall–Kier alpha value is -2.21. The van der Waals surface area contributed by atoms with E-state index in [1.165, 1.54) is 19.3 Å². The van der Waals surface area contributed by atoms with Crippen molar-refractivity contribution in [2.75, 3.05) is 19.6 Å². The van der Waals surface area contributed by atoms with Gasteiger partial charge in [-0.2, -0.15) is 0 Å². The highest BCUT2D eigenvalue weighted by molar-refractivity contribution is 5.77. The van der Waals surface area contributed by atoms with Gasteiger partial charge in [0.1, 0.15) is 5.76 Å². The van der Waals surface area contributed by atoms with Crippen LogP contribution in [0.25, 0.3) is 0 Å². The van der Waals surface area contributed by atoms with Crippen LogP contribution in [0.5, 0.6) is 0 Å². The van der Waals surface area contributed by atoms with E-state index in [1.54, 1.807) is 12.3 Å². The van der Waals surface area contributed by atoms with E-state index < -0.39 is 0 Å². The number of carbonyl (C=O) groups is 1. The van der Waals surface area contributed by atoms with Crippen molar-refractivity contribution in [2.24, 2.45) is 0 Å². The molecule has 0 aromatic carbocycles. The highest BCUT2D eigenvalue weighted by Crippen LogP contribution is 2.23. The summed E-state index contributed by atoms with van der Waals surface area (Å²) in [6.07, 6.45) is 7.60. The number of nitrogens with zero attached hydrogens (tertiary/aromatic N) is 3. The fourth-order valence-corrected chi connectivity index (χ4v) is 3.19. The first-order valence-corrected chi connectivity index (χ1v) is 8.55. The number of hydrogen-bond donors (Lipinski definition) is 1. The Morgan fingerprint density at radius 1 is 1.38 bits per heavy atom. The lowest BCUT2D eigenvalue weighted by Gasteiger charge is -2.34. The Kier molecular flexibility index (Phi) is 5.59. The molecule has 2 aromatic heterocycles. The zero-order valence-corrected chi connectivity index (χ0v) is 14.1. The Balaban J connectivity index is 1.62. The number of aromatic nitrogens is 2. The third-order valence-corrected chi connectivity index (χ3v) is 4.40. The summed E-state index contributed by atoms with van der Waals surface area (Å²) in [6.45, 7) is 4.56. The maximum absolute atomic E-state index is 12.2. The van der Waals surface area contributed by atoms with E-state index in [2.05, 4.69) is 26.4 Å². The molecule has 0 bridgehead atoms. The standard InChI is InChI=1S/C18H24N4O2/c1-14-10-16(24-21-14)11-18(23)20-13-17(15-6-5-7-19-12-15)22-8-3-2-4-9-22/h5-7,10,12,17H,2-4,8-9,11,13H2,1H3,(H,20,23). The minimum atomic E-state index is -0.0444. The Morgan fingerprint density at radius 2 is 2.21 bits per heavy atom. The average molecular weight is 328 g/mol. The minimum absolute atomic E-state index is 0.0444. The molecule has 2 aromatic rings. The number of aryl methyl sites for hydroxylation is 1. The predicted molar refractivity (Wildman–Crippen MR) is 90.4 cm³/mol. The normalized spacial score (nSPS) is 16.7. The van der Waals surface area contributed by atoms with E-state index in [-0.39, 0.29) is 18.4 Å². The smallest absolute Gasteiger partial charge is 0.227 e. The van der Waals surface area contributed by atoms with Crippen molar-refractivity contribution in [1.82, 2.24) is 20.4 Å². The summed E-state index contributed by atoms with van der Waals surface area (Å²) < 4.78 is 5.11. The summed E-state index contributed by atoms with van der Waals surface area (Å²) in [5.41, 5.74) is 1.94. The van der Waals surface area contributed by atoms with Gasteiger partial charge in [0.15, 0.2) is 0 Å². The molecule has 0 radical (unpaired) electrons. The summed E-state index contributed by atoms with van der Waals surface area (Å²) in [5.74, 6) is 0.554. The second-order valence-electron chi connectivity index (χ2n) is 6.31. The van der Waals surface area contributed by atoms with E-state index in [4.69, 9.17) is 4.52 Å². The molecule has 1 amide bonds. The van der Waals surface area contributed by atoms with Crippen LogP contribution in [0.3, 0.4) is 0 Å². The Morgan fingerprint density at radius 3 is 2.88 bits per heavy atom. The van der Waals surface area contributed by atoms with Gasteiger partial charge < -0.3 is 9.84 Å². The van der Waals surface area contributed by atoms with Gasteiger partial charge in [-0.3, -0.25) is 14.7 Å². The molecule has 6 nitrogen and oxygen atoms in total. The van der Waals surface area contributed by atoms with Crippen LogP contribution in [0.1, 0.15) is 42.3 Å². The van der Waals surface area contributed by atoms with Gasteiger partial charge in [0.25, 0.3) is 0 Å². The zero-order chi connectivity index (χ0) is 16.8. The van der Waals surface area contributed by atoms with Crippen LogP contribution in [-0.2, 0) is 11.2 Å². The number of hydrogen-bond acceptors (Lipinski definition) is 5. The number of nitrogens with one attached hydrogen (secondary N) is 1. The first kappa shape index (κ1) is 16.6. The molecule has 1 aliphatic heterocycles. The van der Waals surface area contributed by atoms with Crippen molar-refractivity contribution in [3.8, 4) is 0 Å². The Bertz CT molecular complexity index is 650.